The summed E-state index contributed by atoms with van der Waals surface area (Å²) in [5, 5.41) is 0.964. The Morgan fingerprint density at radius 2 is 1.37 bits per heavy atom. The summed E-state index contributed by atoms with van der Waals surface area (Å²) in [6, 6.07) is 13.6. The van der Waals surface area contributed by atoms with E-state index in [0.29, 0.717) is 27.7 Å². The van der Waals surface area contributed by atoms with Crippen LogP contribution in [0.2, 0.25) is 10.0 Å². The standard InChI is InChI=1S/C29H26Cl2F6N2O2/c1-38(17-19-4-3-5-24(31)12-19)26(40)11-10-25(13-18-6-8-23(30)9-7-18)39(2)27(41)20-14-21(28(32,33)34)16-22(15-20)29(35,36)37/h3-9,12,14-16,25H,10-11,13,17H2,1-2H3. The molecule has 1 unspecified atom stereocenters. The number of alkyl halides is 6. The molecule has 3 aromatic rings. The van der Waals surface area contributed by atoms with Gasteiger partial charge in [0.25, 0.3) is 5.91 Å². The van der Waals surface area contributed by atoms with Gasteiger partial charge in [0, 0.05) is 48.7 Å². The Morgan fingerprint density at radius 1 is 0.780 bits per heavy atom. The third-order valence-corrected chi connectivity index (χ3v) is 7.00. The Hall–Kier alpha value is -3.24. The van der Waals surface area contributed by atoms with E-state index in [2.05, 4.69) is 0 Å². The minimum absolute atomic E-state index is 0.0314. The lowest BCUT2D eigenvalue weighted by molar-refractivity contribution is -0.143. The predicted octanol–water partition coefficient (Wildman–Crippen LogP) is 8.15. The van der Waals surface area contributed by atoms with Crippen LogP contribution in [-0.2, 0) is 30.1 Å². The Kier molecular flexibility index (Phi) is 10.4. The average molecular weight is 619 g/mol. The van der Waals surface area contributed by atoms with Gasteiger partial charge in [0.2, 0.25) is 5.91 Å². The molecule has 12 heteroatoms. The van der Waals surface area contributed by atoms with Crippen LogP contribution >= 0.6 is 23.2 Å². The number of carbonyl (C=O) groups is 2. The average Bonchev–Trinajstić information content (AvgIpc) is 2.89. The molecule has 220 valence electrons. The molecule has 0 heterocycles. The van der Waals surface area contributed by atoms with E-state index in [1.54, 1.807) is 55.6 Å². The van der Waals surface area contributed by atoms with Gasteiger partial charge in [0.15, 0.2) is 0 Å². The molecule has 0 bridgehead atoms. The molecule has 0 radical (unpaired) electrons. The van der Waals surface area contributed by atoms with E-state index in [4.69, 9.17) is 23.2 Å². The van der Waals surface area contributed by atoms with Crippen molar-refractivity contribution < 1.29 is 35.9 Å². The molecule has 0 aliphatic carbocycles. The number of benzene rings is 3. The zero-order chi connectivity index (χ0) is 30.5. The Labute approximate surface area is 243 Å². The highest BCUT2D eigenvalue weighted by Crippen LogP contribution is 2.36. The van der Waals surface area contributed by atoms with Crippen LogP contribution in [0.25, 0.3) is 0 Å². The maximum Gasteiger partial charge on any atom is 0.416 e. The molecule has 4 nitrogen and oxygen atoms in total. The van der Waals surface area contributed by atoms with Crippen molar-refractivity contribution in [3.05, 3.63) is 105 Å². The molecule has 3 rings (SSSR count). The van der Waals surface area contributed by atoms with E-state index < -0.39 is 41.0 Å². The maximum atomic E-state index is 13.4. The summed E-state index contributed by atoms with van der Waals surface area (Å²) in [4.78, 5) is 28.8. The zero-order valence-electron chi connectivity index (χ0n) is 22.0. The van der Waals surface area contributed by atoms with Gasteiger partial charge in [-0.3, -0.25) is 9.59 Å². The lowest BCUT2D eigenvalue weighted by Crippen LogP contribution is -2.40. The predicted molar refractivity (Wildman–Crippen MR) is 145 cm³/mol. The van der Waals surface area contributed by atoms with Gasteiger partial charge in [-0.1, -0.05) is 47.5 Å². The zero-order valence-corrected chi connectivity index (χ0v) is 23.5. The molecule has 0 aliphatic rings. The summed E-state index contributed by atoms with van der Waals surface area (Å²) >= 11 is 12.0. The first-order valence-electron chi connectivity index (χ1n) is 12.3. The van der Waals surface area contributed by atoms with E-state index in [1.807, 2.05) is 0 Å². The van der Waals surface area contributed by atoms with Gasteiger partial charge in [0.1, 0.15) is 0 Å². The van der Waals surface area contributed by atoms with Crippen molar-refractivity contribution in [2.75, 3.05) is 14.1 Å². The molecule has 1 atom stereocenters. The van der Waals surface area contributed by atoms with E-state index in [0.717, 1.165) is 10.5 Å². The smallest absolute Gasteiger partial charge is 0.341 e. The highest BCUT2D eigenvalue weighted by molar-refractivity contribution is 6.30. The first-order valence-corrected chi connectivity index (χ1v) is 13.1. The largest absolute Gasteiger partial charge is 0.416 e. The molecule has 0 aromatic heterocycles. The fraction of sp³-hybridized carbons (Fsp3) is 0.310. The summed E-state index contributed by atoms with van der Waals surface area (Å²) in [6.45, 7) is 0.264. The van der Waals surface area contributed by atoms with E-state index in [-0.39, 0.29) is 37.8 Å². The minimum atomic E-state index is -5.10. The summed E-state index contributed by atoms with van der Waals surface area (Å²) < 4.78 is 80.3. The second-order valence-corrected chi connectivity index (χ2v) is 10.5. The van der Waals surface area contributed by atoms with Crippen molar-refractivity contribution >= 4 is 35.0 Å². The molecule has 0 saturated carbocycles. The summed E-state index contributed by atoms with van der Waals surface area (Å²) in [5.41, 5.74) is -2.44. The molecule has 0 fully saturated rings. The fourth-order valence-electron chi connectivity index (χ4n) is 4.25. The number of amides is 2. The monoisotopic (exact) mass is 618 g/mol. The number of hydrogen-bond donors (Lipinski definition) is 0. The van der Waals surface area contributed by atoms with Gasteiger partial charge in [-0.2, -0.15) is 26.3 Å². The Bertz CT molecular complexity index is 1340. The third-order valence-electron chi connectivity index (χ3n) is 6.51. The van der Waals surface area contributed by atoms with Gasteiger partial charge in [-0.05, 0) is 66.4 Å². The van der Waals surface area contributed by atoms with E-state index >= 15 is 0 Å². The number of hydrogen-bond acceptors (Lipinski definition) is 2. The molecule has 0 saturated heterocycles. The molecule has 3 aromatic carbocycles. The van der Waals surface area contributed by atoms with Crippen molar-refractivity contribution in [2.24, 2.45) is 0 Å². The van der Waals surface area contributed by atoms with Gasteiger partial charge >= 0.3 is 12.4 Å². The van der Waals surface area contributed by atoms with Crippen molar-refractivity contribution in [1.82, 2.24) is 9.80 Å². The van der Waals surface area contributed by atoms with Crippen LogP contribution in [0.3, 0.4) is 0 Å². The number of nitrogens with zero attached hydrogens (tertiary/aromatic N) is 2. The summed E-state index contributed by atoms with van der Waals surface area (Å²) in [7, 11) is 2.88. The maximum absolute atomic E-state index is 13.4. The van der Waals surface area contributed by atoms with Gasteiger partial charge < -0.3 is 9.80 Å². The van der Waals surface area contributed by atoms with Crippen molar-refractivity contribution in [2.45, 2.75) is 44.2 Å². The second-order valence-electron chi connectivity index (χ2n) is 9.61. The SMILES string of the molecule is CN(Cc1cccc(Cl)c1)C(=O)CCC(Cc1ccc(Cl)cc1)N(C)C(=O)c1cc(C(F)(F)F)cc(C(F)(F)F)c1. The third kappa shape index (κ3) is 9.13. The second kappa shape index (κ2) is 13.2. The number of carbonyl (C=O) groups excluding carboxylic acids is 2. The van der Waals surface area contributed by atoms with Gasteiger partial charge in [-0.25, -0.2) is 0 Å². The lowest BCUT2D eigenvalue weighted by atomic mass is 9.98. The van der Waals surface area contributed by atoms with Crippen LogP contribution in [0.4, 0.5) is 26.3 Å². The van der Waals surface area contributed by atoms with Crippen LogP contribution in [0.1, 0.15) is 45.5 Å². The summed E-state index contributed by atoms with van der Waals surface area (Å²) in [5.74, 6) is -1.31. The van der Waals surface area contributed by atoms with Gasteiger partial charge in [0.05, 0.1) is 11.1 Å². The number of rotatable bonds is 9. The Morgan fingerprint density at radius 3 is 1.90 bits per heavy atom. The Balaban J connectivity index is 1.86. The molecule has 41 heavy (non-hydrogen) atoms. The van der Waals surface area contributed by atoms with Crippen molar-refractivity contribution in [1.29, 1.82) is 0 Å². The number of likely N-dealkylation sites (N-methyl/N-ethyl adjacent to an activating group) is 1. The van der Waals surface area contributed by atoms with Crippen molar-refractivity contribution in [3.8, 4) is 0 Å². The first-order chi connectivity index (χ1) is 19.0. The highest BCUT2D eigenvalue weighted by atomic mass is 35.5. The van der Waals surface area contributed by atoms with Crippen LogP contribution < -0.4 is 0 Å². The highest BCUT2D eigenvalue weighted by Gasteiger charge is 2.38. The fourth-order valence-corrected chi connectivity index (χ4v) is 4.59. The topological polar surface area (TPSA) is 40.6 Å². The quantitative estimate of drug-likeness (QED) is 0.227. The van der Waals surface area contributed by atoms with Crippen molar-refractivity contribution in [3.63, 3.8) is 0 Å². The molecule has 0 spiro atoms. The number of halogens is 8. The van der Waals surface area contributed by atoms with Crippen LogP contribution in [0, 0.1) is 0 Å². The molecule has 2 amide bonds. The van der Waals surface area contributed by atoms with Crippen LogP contribution in [0.15, 0.2) is 66.7 Å². The summed E-state index contributed by atoms with van der Waals surface area (Å²) in [6.07, 6.45) is -9.97. The molecular formula is C29H26Cl2F6N2O2. The first kappa shape index (κ1) is 32.3. The molecule has 0 N–H and O–H groups in total. The van der Waals surface area contributed by atoms with Gasteiger partial charge in [-0.15, -0.1) is 0 Å². The molecular weight excluding hydrogens is 593 g/mol. The lowest BCUT2D eigenvalue weighted by Gasteiger charge is -2.30. The van der Waals surface area contributed by atoms with E-state index in [1.165, 1.54) is 11.9 Å². The van der Waals surface area contributed by atoms with Crippen LogP contribution in [0.5, 0.6) is 0 Å². The minimum Gasteiger partial charge on any atom is -0.341 e. The molecule has 0 aliphatic heterocycles. The normalized spacial score (nSPS) is 12.6. The van der Waals surface area contributed by atoms with E-state index in [9.17, 15) is 35.9 Å². The van der Waals surface area contributed by atoms with Crippen LogP contribution in [-0.4, -0.2) is 41.8 Å².